The number of alkyl halides is 2. The Labute approximate surface area is 96.2 Å². The van der Waals surface area contributed by atoms with E-state index < -0.39 is 0 Å². The highest BCUT2D eigenvalue weighted by molar-refractivity contribution is 6.17. The summed E-state index contributed by atoms with van der Waals surface area (Å²) >= 11 is 11.8. The Balaban J connectivity index is 3.20. The van der Waals surface area contributed by atoms with E-state index in [2.05, 4.69) is 26.0 Å². The molecule has 1 aromatic carbocycles. The monoisotopic (exact) mass is 230 g/mol. The first-order chi connectivity index (χ1) is 6.76. The second kappa shape index (κ2) is 5.63. The van der Waals surface area contributed by atoms with Gasteiger partial charge in [-0.2, -0.15) is 0 Å². The number of rotatable bonds is 4. The van der Waals surface area contributed by atoms with Crippen LogP contribution in [-0.4, -0.2) is 0 Å². The zero-order valence-electron chi connectivity index (χ0n) is 8.74. The molecule has 0 amide bonds. The Morgan fingerprint density at radius 3 is 1.36 bits per heavy atom. The van der Waals surface area contributed by atoms with Crippen molar-refractivity contribution in [3.05, 3.63) is 34.4 Å². The third-order valence-corrected chi connectivity index (χ3v) is 3.15. The predicted octanol–water partition coefficient (Wildman–Crippen LogP) is 4.29. The highest BCUT2D eigenvalue weighted by Gasteiger charge is 2.06. The molecule has 1 aromatic rings. The Morgan fingerprint density at radius 1 is 0.786 bits per heavy atom. The van der Waals surface area contributed by atoms with Crippen LogP contribution >= 0.6 is 23.2 Å². The second-order valence-corrected chi connectivity index (χ2v) is 3.90. The first-order valence-corrected chi connectivity index (χ1v) is 6.09. The molecule has 0 nitrogen and oxygen atoms in total. The molecule has 2 heteroatoms. The number of aryl methyl sites for hydroxylation is 2. The Kier molecular flexibility index (Phi) is 4.77. The highest BCUT2D eigenvalue weighted by atomic mass is 35.5. The molecule has 0 saturated carbocycles. The zero-order valence-corrected chi connectivity index (χ0v) is 10.3. The summed E-state index contributed by atoms with van der Waals surface area (Å²) in [7, 11) is 0. The third kappa shape index (κ3) is 2.43. The molecule has 0 aromatic heterocycles. The fourth-order valence-corrected chi connectivity index (χ4v) is 2.20. The molecule has 78 valence electrons. The summed E-state index contributed by atoms with van der Waals surface area (Å²) in [6.07, 6.45) is 2.05. The molecule has 0 fully saturated rings. The molecule has 14 heavy (non-hydrogen) atoms. The van der Waals surface area contributed by atoms with Crippen LogP contribution < -0.4 is 0 Å². The van der Waals surface area contributed by atoms with Gasteiger partial charge in [-0.3, -0.25) is 0 Å². The van der Waals surface area contributed by atoms with E-state index in [0.29, 0.717) is 11.8 Å². The fraction of sp³-hybridized carbons (Fsp3) is 0.500. The Hall–Kier alpha value is -0.200. The van der Waals surface area contributed by atoms with Crippen LogP contribution in [-0.2, 0) is 24.6 Å². The first-order valence-electron chi connectivity index (χ1n) is 5.02. The maximum atomic E-state index is 5.90. The summed E-state index contributed by atoms with van der Waals surface area (Å²) < 4.78 is 0. The minimum absolute atomic E-state index is 0.596. The van der Waals surface area contributed by atoms with E-state index in [-0.39, 0.29) is 0 Å². The van der Waals surface area contributed by atoms with E-state index in [0.717, 1.165) is 12.8 Å². The quantitative estimate of drug-likeness (QED) is 0.678. The Bertz CT molecular complexity index is 247. The molecule has 0 saturated heterocycles. The zero-order chi connectivity index (χ0) is 10.6. The van der Waals surface area contributed by atoms with Crippen molar-refractivity contribution in [2.75, 3.05) is 0 Å². The van der Waals surface area contributed by atoms with Crippen molar-refractivity contribution >= 4 is 23.2 Å². The maximum absolute atomic E-state index is 5.90. The topological polar surface area (TPSA) is 0 Å². The molecule has 0 bridgehead atoms. The van der Waals surface area contributed by atoms with Gasteiger partial charge >= 0.3 is 0 Å². The van der Waals surface area contributed by atoms with Crippen LogP contribution in [0.3, 0.4) is 0 Å². The van der Waals surface area contributed by atoms with E-state index in [4.69, 9.17) is 23.2 Å². The molecule has 0 N–H and O–H groups in total. The van der Waals surface area contributed by atoms with E-state index in [9.17, 15) is 0 Å². The summed E-state index contributed by atoms with van der Waals surface area (Å²) in [4.78, 5) is 0. The van der Waals surface area contributed by atoms with Crippen molar-refractivity contribution in [3.8, 4) is 0 Å². The summed E-state index contributed by atoms with van der Waals surface area (Å²) in [5.74, 6) is 1.19. The summed E-state index contributed by atoms with van der Waals surface area (Å²) in [6, 6.07) is 4.40. The summed E-state index contributed by atoms with van der Waals surface area (Å²) in [6.45, 7) is 4.30. The lowest BCUT2D eigenvalue weighted by atomic mass is 9.97. The van der Waals surface area contributed by atoms with Gasteiger partial charge in [-0.15, -0.1) is 23.2 Å². The molecule has 0 spiro atoms. The van der Waals surface area contributed by atoms with Gasteiger partial charge in [0.2, 0.25) is 0 Å². The molecule has 0 aliphatic carbocycles. The standard InChI is InChI=1S/C12H16Cl2/c1-3-9-5-12(8-14)10(4-2)6-11(9)7-13/h5-6H,3-4,7-8H2,1-2H3. The lowest BCUT2D eigenvalue weighted by Gasteiger charge is -2.11. The molecule has 0 heterocycles. The SMILES string of the molecule is CCc1cc(CCl)c(CC)cc1CCl. The number of benzene rings is 1. The largest absolute Gasteiger partial charge is 0.122 e. The van der Waals surface area contributed by atoms with Crippen molar-refractivity contribution in [1.82, 2.24) is 0 Å². The van der Waals surface area contributed by atoms with Gasteiger partial charge in [0.25, 0.3) is 0 Å². The molecular weight excluding hydrogens is 215 g/mol. The molecular formula is C12H16Cl2. The molecule has 1 rings (SSSR count). The van der Waals surface area contributed by atoms with Crippen LogP contribution in [0.1, 0.15) is 36.1 Å². The number of hydrogen-bond acceptors (Lipinski definition) is 0. The van der Waals surface area contributed by atoms with Gasteiger partial charge in [0.05, 0.1) is 0 Å². The van der Waals surface area contributed by atoms with Gasteiger partial charge < -0.3 is 0 Å². The van der Waals surface area contributed by atoms with Crippen molar-refractivity contribution in [1.29, 1.82) is 0 Å². The fourth-order valence-electron chi connectivity index (χ4n) is 1.70. The van der Waals surface area contributed by atoms with E-state index in [1.807, 2.05) is 0 Å². The maximum Gasteiger partial charge on any atom is 0.0476 e. The van der Waals surface area contributed by atoms with Crippen LogP contribution in [0.2, 0.25) is 0 Å². The second-order valence-electron chi connectivity index (χ2n) is 3.36. The van der Waals surface area contributed by atoms with Crippen LogP contribution in [0.5, 0.6) is 0 Å². The average Bonchev–Trinajstić information content (AvgIpc) is 2.26. The van der Waals surface area contributed by atoms with Crippen LogP contribution in [0.15, 0.2) is 12.1 Å². The van der Waals surface area contributed by atoms with Gasteiger partial charge in [0.15, 0.2) is 0 Å². The van der Waals surface area contributed by atoms with Crippen LogP contribution in [0, 0.1) is 0 Å². The van der Waals surface area contributed by atoms with Crippen molar-refractivity contribution < 1.29 is 0 Å². The molecule has 0 aliphatic rings. The molecule has 0 atom stereocenters. The third-order valence-electron chi connectivity index (χ3n) is 2.57. The highest BCUT2D eigenvalue weighted by Crippen LogP contribution is 2.21. The summed E-state index contributed by atoms with van der Waals surface area (Å²) in [5, 5.41) is 0. The number of halogens is 2. The molecule has 0 aliphatic heterocycles. The van der Waals surface area contributed by atoms with Gasteiger partial charge in [-0.05, 0) is 35.1 Å². The van der Waals surface area contributed by atoms with E-state index in [1.165, 1.54) is 22.3 Å². The number of hydrogen-bond donors (Lipinski definition) is 0. The minimum Gasteiger partial charge on any atom is -0.122 e. The smallest absolute Gasteiger partial charge is 0.0476 e. The summed E-state index contributed by atoms with van der Waals surface area (Å²) in [5.41, 5.74) is 5.15. The van der Waals surface area contributed by atoms with Crippen molar-refractivity contribution in [2.24, 2.45) is 0 Å². The molecule has 0 unspecified atom stereocenters. The van der Waals surface area contributed by atoms with Gasteiger partial charge in [-0.25, -0.2) is 0 Å². The van der Waals surface area contributed by atoms with Gasteiger partial charge in [0, 0.05) is 11.8 Å². The lowest BCUT2D eigenvalue weighted by molar-refractivity contribution is 1.04. The minimum atomic E-state index is 0.596. The first kappa shape index (κ1) is 11.9. The predicted molar refractivity (Wildman–Crippen MR) is 64.3 cm³/mol. The van der Waals surface area contributed by atoms with Crippen LogP contribution in [0.4, 0.5) is 0 Å². The van der Waals surface area contributed by atoms with Crippen molar-refractivity contribution in [2.45, 2.75) is 38.4 Å². The Morgan fingerprint density at radius 2 is 1.14 bits per heavy atom. The van der Waals surface area contributed by atoms with Gasteiger partial charge in [-0.1, -0.05) is 26.0 Å². The lowest BCUT2D eigenvalue weighted by Crippen LogP contribution is -1.97. The van der Waals surface area contributed by atoms with Crippen LogP contribution in [0.25, 0.3) is 0 Å². The molecule has 0 radical (unpaired) electrons. The van der Waals surface area contributed by atoms with E-state index in [1.54, 1.807) is 0 Å². The van der Waals surface area contributed by atoms with Gasteiger partial charge in [0.1, 0.15) is 0 Å². The van der Waals surface area contributed by atoms with E-state index >= 15 is 0 Å². The normalized spacial score (nSPS) is 10.6. The average molecular weight is 231 g/mol. The van der Waals surface area contributed by atoms with Crippen molar-refractivity contribution in [3.63, 3.8) is 0 Å².